The van der Waals surface area contributed by atoms with Crippen molar-refractivity contribution in [1.82, 2.24) is 9.80 Å². The number of carbonyl (C=O) groups excluding carboxylic acids is 2. The molecule has 172 valence electrons. The Morgan fingerprint density at radius 2 is 1.81 bits per heavy atom. The number of anilines is 1. The highest BCUT2D eigenvalue weighted by Crippen LogP contribution is 2.28. The van der Waals surface area contributed by atoms with Crippen molar-refractivity contribution in [3.63, 3.8) is 0 Å². The van der Waals surface area contributed by atoms with Crippen LogP contribution in [0, 0.1) is 19.8 Å². The molecule has 2 saturated heterocycles. The van der Waals surface area contributed by atoms with Crippen LogP contribution in [0.15, 0.2) is 18.2 Å². The third-order valence-corrected chi connectivity index (χ3v) is 6.02. The lowest BCUT2D eigenvalue weighted by atomic mass is 10.1. The fraction of sp³-hybridized carbons (Fsp3) is 0.636. The van der Waals surface area contributed by atoms with E-state index in [1.54, 1.807) is 9.80 Å². The zero-order chi connectivity index (χ0) is 22.6. The van der Waals surface area contributed by atoms with Crippen molar-refractivity contribution in [2.75, 3.05) is 57.4 Å². The molecule has 2 aliphatic rings. The Morgan fingerprint density at radius 3 is 2.45 bits per heavy atom. The third-order valence-electron chi connectivity index (χ3n) is 6.02. The molecule has 0 saturated carbocycles. The number of benzene rings is 1. The first-order valence-electron chi connectivity index (χ1n) is 10.7. The molecule has 1 unspecified atom stereocenters. The molecule has 0 spiro atoms. The summed E-state index contributed by atoms with van der Waals surface area (Å²) in [5.41, 5.74) is 3.11. The van der Waals surface area contributed by atoms with Crippen molar-refractivity contribution in [2.45, 2.75) is 32.9 Å². The van der Waals surface area contributed by atoms with Crippen LogP contribution in [0.1, 0.15) is 24.0 Å². The van der Waals surface area contributed by atoms with Crippen molar-refractivity contribution in [1.29, 1.82) is 0 Å². The zero-order valence-corrected chi connectivity index (χ0v) is 18.1. The summed E-state index contributed by atoms with van der Waals surface area (Å²) in [6.45, 7) is 6.37. The van der Waals surface area contributed by atoms with Crippen molar-refractivity contribution in [2.24, 2.45) is 5.92 Å². The van der Waals surface area contributed by atoms with Gasteiger partial charge in [0, 0.05) is 51.6 Å². The first kappa shape index (κ1) is 23.5. The number of aryl methyl sites for hydroxylation is 2. The standard InChI is InChI=1S/C22H30F3N3O3/c1-16-4-5-18(14-17(16)2)28-8-6-19(21(28)30)20(29)27-11-9-26(10-12-27)7-3-13-31-15-22(23,24)25/h4-5,14,19H,3,6-13,15H2,1-2H3. The van der Waals surface area contributed by atoms with Gasteiger partial charge in [-0.1, -0.05) is 6.07 Å². The van der Waals surface area contributed by atoms with Gasteiger partial charge in [0.2, 0.25) is 11.8 Å². The highest BCUT2D eigenvalue weighted by molar-refractivity contribution is 6.09. The number of alkyl halides is 3. The molecule has 1 atom stereocenters. The van der Waals surface area contributed by atoms with Gasteiger partial charge in [0.1, 0.15) is 12.5 Å². The summed E-state index contributed by atoms with van der Waals surface area (Å²) >= 11 is 0. The van der Waals surface area contributed by atoms with E-state index in [-0.39, 0.29) is 18.4 Å². The molecule has 0 N–H and O–H groups in total. The summed E-state index contributed by atoms with van der Waals surface area (Å²) in [6, 6.07) is 5.89. The van der Waals surface area contributed by atoms with E-state index >= 15 is 0 Å². The maximum atomic E-state index is 12.9. The Bertz CT molecular complexity index is 792. The Hall–Kier alpha value is -2.13. The van der Waals surface area contributed by atoms with E-state index in [4.69, 9.17) is 0 Å². The predicted octanol–water partition coefficient (Wildman–Crippen LogP) is 2.77. The van der Waals surface area contributed by atoms with E-state index in [2.05, 4.69) is 9.64 Å². The molecule has 1 aromatic rings. The molecule has 0 aliphatic carbocycles. The van der Waals surface area contributed by atoms with Gasteiger partial charge in [-0.05, 0) is 49.9 Å². The fourth-order valence-electron chi connectivity index (χ4n) is 4.05. The van der Waals surface area contributed by atoms with Crippen LogP contribution in [0.5, 0.6) is 0 Å². The number of amides is 2. The quantitative estimate of drug-likeness (QED) is 0.482. The second-order valence-corrected chi connectivity index (χ2v) is 8.29. The molecule has 2 aliphatic heterocycles. The largest absolute Gasteiger partial charge is 0.411 e. The summed E-state index contributed by atoms with van der Waals surface area (Å²) in [5.74, 6) is -0.897. The lowest BCUT2D eigenvalue weighted by Gasteiger charge is -2.35. The number of carbonyl (C=O) groups is 2. The van der Waals surface area contributed by atoms with Crippen LogP contribution in [0.3, 0.4) is 0 Å². The van der Waals surface area contributed by atoms with Gasteiger partial charge in [0.05, 0.1) is 0 Å². The van der Waals surface area contributed by atoms with Crippen LogP contribution >= 0.6 is 0 Å². The molecular formula is C22H30F3N3O3. The summed E-state index contributed by atoms with van der Waals surface area (Å²) in [6.07, 6.45) is -3.27. The van der Waals surface area contributed by atoms with Crippen LogP contribution in [0.25, 0.3) is 0 Å². The molecule has 2 heterocycles. The number of nitrogens with zero attached hydrogens (tertiary/aromatic N) is 3. The zero-order valence-electron chi connectivity index (χ0n) is 18.1. The van der Waals surface area contributed by atoms with Crippen LogP contribution in [0.2, 0.25) is 0 Å². The highest BCUT2D eigenvalue weighted by Gasteiger charge is 2.40. The summed E-state index contributed by atoms with van der Waals surface area (Å²) in [7, 11) is 0. The van der Waals surface area contributed by atoms with E-state index in [0.29, 0.717) is 52.1 Å². The van der Waals surface area contributed by atoms with Gasteiger partial charge in [-0.25, -0.2) is 0 Å². The Morgan fingerprint density at radius 1 is 1.10 bits per heavy atom. The van der Waals surface area contributed by atoms with Gasteiger partial charge in [-0.2, -0.15) is 13.2 Å². The molecule has 0 radical (unpaired) electrons. The van der Waals surface area contributed by atoms with Crippen LogP contribution in [-0.4, -0.2) is 80.3 Å². The van der Waals surface area contributed by atoms with E-state index < -0.39 is 18.7 Å². The third kappa shape index (κ3) is 6.20. The van der Waals surface area contributed by atoms with Gasteiger partial charge in [-0.15, -0.1) is 0 Å². The number of halogens is 3. The van der Waals surface area contributed by atoms with Gasteiger partial charge < -0.3 is 14.5 Å². The number of piperazine rings is 1. The van der Waals surface area contributed by atoms with E-state index in [1.807, 2.05) is 32.0 Å². The van der Waals surface area contributed by atoms with Gasteiger partial charge >= 0.3 is 6.18 Å². The molecule has 31 heavy (non-hydrogen) atoms. The first-order valence-corrected chi connectivity index (χ1v) is 10.7. The lowest BCUT2D eigenvalue weighted by molar-refractivity contribution is -0.174. The second kappa shape index (κ2) is 9.99. The van der Waals surface area contributed by atoms with E-state index in [0.717, 1.165) is 16.8 Å². The Balaban J connectivity index is 1.43. The van der Waals surface area contributed by atoms with E-state index in [9.17, 15) is 22.8 Å². The molecule has 1 aromatic carbocycles. The smallest absolute Gasteiger partial charge is 0.372 e. The molecule has 6 nitrogen and oxygen atoms in total. The number of ether oxygens (including phenoxy) is 1. The number of hydrogen-bond acceptors (Lipinski definition) is 4. The summed E-state index contributed by atoms with van der Waals surface area (Å²) in [4.78, 5) is 31.4. The summed E-state index contributed by atoms with van der Waals surface area (Å²) < 4.78 is 40.8. The van der Waals surface area contributed by atoms with Gasteiger partial charge in [0.25, 0.3) is 0 Å². The van der Waals surface area contributed by atoms with Crippen molar-refractivity contribution in [3.8, 4) is 0 Å². The number of hydrogen-bond donors (Lipinski definition) is 0. The van der Waals surface area contributed by atoms with Gasteiger partial charge in [-0.3, -0.25) is 14.5 Å². The minimum atomic E-state index is -4.29. The Labute approximate surface area is 180 Å². The Kier molecular flexibility index (Phi) is 7.59. The average Bonchev–Trinajstić information content (AvgIpc) is 3.10. The molecule has 2 fully saturated rings. The van der Waals surface area contributed by atoms with Gasteiger partial charge in [0.15, 0.2) is 0 Å². The maximum absolute atomic E-state index is 12.9. The van der Waals surface area contributed by atoms with Crippen molar-refractivity contribution in [3.05, 3.63) is 29.3 Å². The highest BCUT2D eigenvalue weighted by atomic mass is 19.4. The number of rotatable bonds is 7. The monoisotopic (exact) mass is 441 g/mol. The molecule has 9 heteroatoms. The van der Waals surface area contributed by atoms with Crippen molar-refractivity contribution >= 4 is 17.5 Å². The lowest BCUT2D eigenvalue weighted by Crippen LogP contribution is -2.51. The van der Waals surface area contributed by atoms with Crippen LogP contribution in [0.4, 0.5) is 18.9 Å². The van der Waals surface area contributed by atoms with Crippen LogP contribution < -0.4 is 4.90 Å². The van der Waals surface area contributed by atoms with Crippen molar-refractivity contribution < 1.29 is 27.5 Å². The average molecular weight is 441 g/mol. The molecule has 2 amide bonds. The molecular weight excluding hydrogens is 411 g/mol. The second-order valence-electron chi connectivity index (χ2n) is 8.29. The van der Waals surface area contributed by atoms with Crippen LogP contribution in [-0.2, 0) is 14.3 Å². The molecule has 3 rings (SSSR count). The maximum Gasteiger partial charge on any atom is 0.411 e. The minimum absolute atomic E-state index is 0.0591. The predicted molar refractivity (Wildman–Crippen MR) is 111 cm³/mol. The first-order chi connectivity index (χ1) is 14.7. The summed E-state index contributed by atoms with van der Waals surface area (Å²) in [5, 5.41) is 0. The fourth-order valence-corrected chi connectivity index (χ4v) is 4.05. The molecule has 0 aromatic heterocycles. The topological polar surface area (TPSA) is 53.1 Å². The molecule has 0 bridgehead atoms. The van der Waals surface area contributed by atoms with E-state index in [1.165, 1.54) is 0 Å². The minimum Gasteiger partial charge on any atom is -0.372 e. The normalized spacial score (nSPS) is 20.5. The SMILES string of the molecule is Cc1ccc(N2CCC(C(=O)N3CCN(CCCOCC(F)(F)F)CC3)C2=O)cc1C.